The SMILES string of the molecule is Cc1[nH]cnc1CN1C[C@@H]2CN(C(=O)CCC3CC3)C[C@]2(C(=O)O)C1. The minimum atomic E-state index is -0.820. The van der Waals surface area contributed by atoms with Gasteiger partial charge in [0.15, 0.2) is 0 Å². The van der Waals surface area contributed by atoms with Gasteiger partial charge in [-0.25, -0.2) is 4.98 Å². The molecule has 4 rings (SSSR count). The standard InChI is InChI=1S/C18H26N4O3/c1-12-15(20-11-19-12)8-21-6-14-7-22(10-18(14,9-21)17(24)25)16(23)5-4-13-2-3-13/h11,13-14H,2-10H2,1H3,(H,19,20)(H,24,25)/t14-,18-/m1/s1. The van der Waals surface area contributed by atoms with Crippen LogP contribution in [0.2, 0.25) is 0 Å². The van der Waals surface area contributed by atoms with E-state index in [-0.39, 0.29) is 11.8 Å². The van der Waals surface area contributed by atoms with Crippen molar-refractivity contribution >= 4 is 11.9 Å². The van der Waals surface area contributed by atoms with E-state index in [1.807, 2.05) is 6.92 Å². The smallest absolute Gasteiger partial charge is 0.313 e. The van der Waals surface area contributed by atoms with E-state index < -0.39 is 11.4 Å². The molecule has 3 aliphatic rings. The number of amides is 1. The molecular weight excluding hydrogens is 320 g/mol. The van der Waals surface area contributed by atoms with Gasteiger partial charge in [0.25, 0.3) is 0 Å². The molecule has 3 heterocycles. The van der Waals surface area contributed by atoms with Gasteiger partial charge in [-0.2, -0.15) is 0 Å². The molecule has 136 valence electrons. The molecule has 2 aliphatic heterocycles. The summed E-state index contributed by atoms with van der Waals surface area (Å²) < 4.78 is 0. The van der Waals surface area contributed by atoms with Gasteiger partial charge in [-0.1, -0.05) is 12.8 Å². The normalized spacial score (nSPS) is 29.2. The zero-order valence-electron chi connectivity index (χ0n) is 14.7. The number of nitrogens with one attached hydrogen (secondary N) is 1. The Balaban J connectivity index is 1.41. The molecule has 3 fully saturated rings. The Morgan fingerprint density at radius 3 is 2.76 bits per heavy atom. The predicted octanol–water partition coefficient (Wildman–Crippen LogP) is 1.25. The molecule has 2 saturated heterocycles. The van der Waals surface area contributed by atoms with Gasteiger partial charge in [0.2, 0.25) is 5.91 Å². The largest absolute Gasteiger partial charge is 0.481 e. The highest BCUT2D eigenvalue weighted by Gasteiger charge is 2.58. The fraction of sp³-hybridized carbons (Fsp3) is 0.722. The highest BCUT2D eigenvalue weighted by Crippen LogP contribution is 2.44. The third kappa shape index (κ3) is 3.05. The van der Waals surface area contributed by atoms with Crippen molar-refractivity contribution < 1.29 is 14.7 Å². The van der Waals surface area contributed by atoms with Crippen LogP contribution >= 0.6 is 0 Å². The van der Waals surface area contributed by atoms with Crippen LogP contribution in [-0.2, 0) is 16.1 Å². The van der Waals surface area contributed by atoms with Crippen molar-refractivity contribution in [2.45, 2.75) is 39.2 Å². The van der Waals surface area contributed by atoms with Crippen LogP contribution in [0.15, 0.2) is 6.33 Å². The van der Waals surface area contributed by atoms with Gasteiger partial charge in [-0.15, -0.1) is 0 Å². The summed E-state index contributed by atoms with van der Waals surface area (Å²) in [4.78, 5) is 35.9. The maximum Gasteiger partial charge on any atom is 0.313 e. The molecule has 1 amide bonds. The summed E-state index contributed by atoms with van der Waals surface area (Å²) in [6.07, 6.45) is 5.70. The van der Waals surface area contributed by atoms with Crippen LogP contribution in [0.4, 0.5) is 0 Å². The number of imidazole rings is 1. The first kappa shape index (κ1) is 16.6. The van der Waals surface area contributed by atoms with E-state index in [0.717, 1.165) is 23.7 Å². The molecule has 0 unspecified atom stereocenters. The van der Waals surface area contributed by atoms with Crippen molar-refractivity contribution in [2.75, 3.05) is 26.2 Å². The lowest BCUT2D eigenvalue weighted by atomic mass is 9.81. The number of likely N-dealkylation sites (tertiary alicyclic amines) is 2. The van der Waals surface area contributed by atoms with Gasteiger partial charge in [-0.05, 0) is 19.3 Å². The number of hydrogen-bond donors (Lipinski definition) is 2. The zero-order valence-corrected chi connectivity index (χ0v) is 14.7. The number of fused-ring (bicyclic) bond motifs is 1. The Kier molecular flexibility index (Phi) is 4.06. The highest BCUT2D eigenvalue weighted by atomic mass is 16.4. The topological polar surface area (TPSA) is 89.5 Å². The van der Waals surface area contributed by atoms with Crippen LogP contribution < -0.4 is 0 Å². The van der Waals surface area contributed by atoms with Gasteiger partial charge < -0.3 is 15.0 Å². The number of H-pyrrole nitrogens is 1. The number of carboxylic acid groups (broad SMARTS) is 1. The fourth-order valence-electron chi connectivity index (χ4n) is 4.43. The van der Waals surface area contributed by atoms with E-state index in [9.17, 15) is 14.7 Å². The number of carbonyl (C=O) groups excluding carboxylic acids is 1. The summed E-state index contributed by atoms with van der Waals surface area (Å²) >= 11 is 0. The van der Waals surface area contributed by atoms with Crippen molar-refractivity contribution in [1.82, 2.24) is 19.8 Å². The van der Waals surface area contributed by atoms with Gasteiger partial charge in [0, 0.05) is 50.8 Å². The minimum Gasteiger partial charge on any atom is -0.481 e. The maximum absolute atomic E-state index is 12.5. The van der Waals surface area contributed by atoms with Crippen molar-refractivity contribution in [1.29, 1.82) is 0 Å². The van der Waals surface area contributed by atoms with Crippen LogP contribution in [0.25, 0.3) is 0 Å². The molecule has 1 aromatic rings. The number of hydrogen-bond acceptors (Lipinski definition) is 4. The van der Waals surface area contributed by atoms with Crippen LogP contribution in [-0.4, -0.2) is 62.9 Å². The molecule has 0 bridgehead atoms. The summed E-state index contributed by atoms with van der Waals surface area (Å²) in [7, 11) is 0. The first-order valence-electron chi connectivity index (χ1n) is 9.20. The lowest BCUT2D eigenvalue weighted by Gasteiger charge is -2.25. The molecular formula is C18H26N4O3. The quantitative estimate of drug-likeness (QED) is 0.809. The number of carboxylic acids is 1. The second kappa shape index (κ2) is 6.12. The predicted molar refractivity (Wildman–Crippen MR) is 90.7 cm³/mol. The minimum absolute atomic E-state index is 0.00845. The molecule has 1 aromatic heterocycles. The van der Waals surface area contributed by atoms with E-state index in [4.69, 9.17) is 0 Å². The second-order valence-corrected chi connectivity index (χ2v) is 8.06. The number of carbonyl (C=O) groups is 2. The summed E-state index contributed by atoms with van der Waals surface area (Å²) in [5, 5.41) is 9.91. The molecule has 7 heteroatoms. The first-order valence-corrected chi connectivity index (χ1v) is 9.20. The number of aliphatic carboxylic acids is 1. The van der Waals surface area contributed by atoms with Crippen LogP contribution in [0.5, 0.6) is 0 Å². The molecule has 25 heavy (non-hydrogen) atoms. The van der Waals surface area contributed by atoms with E-state index in [1.165, 1.54) is 12.8 Å². The van der Waals surface area contributed by atoms with E-state index in [1.54, 1.807) is 11.2 Å². The van der Waals surface area contributed by atoms with Gasteiger partial charge in [0.05, 0.1) is 12.0 Å². The molecule has 7 nitrogen and oxygen atoms in total. The Morgan fingerprint density at radius 1 is 1.36 bits per heavy atom. The second-order valence-electron chi connectivity index (χ2n) is 8.06. The fourth-order valence-corrected chi connectivity index (χ4v) is 4.43. The molecule has 1 aliphatic carbocycles. The highest BCUT2D eigenvalue weighted by molar-refractivity contribution is 5.81. The van der Waals surface area contributed by atoms with Crippen molar-refractivity contribution in [3.05, 3.63) is 17.7 Å². The summed E-state index contributed by atoms with van der Waals surface area (Å²) in [5.41, 5.74) is 1.18. The van der Waals surface area contributed by atoms with Crippen LogP contribution in [0.3, 0.4) is 0 Å². The summed E-state index contributed by atoms with van der Waals surface area (Å²) in [5.74, 6) is 0.106. The average Bonchev–Trinajstić information content (AvgIpc) is 3.05. The Hall–Kier alpha value is -1.89. The third-order valence-electron chi connectivity index (χ3n) is 6.23. The molecule has 0 spiro atoms. The number of aromatic nitrogens is 2. The van der Waals surface area contributed by atoms with E-state index in [0.29, 0.717) is 39.1 Å². The van der Waals surface area contributed by atoms with Gasteiger partial charge in [-0.3, -0.25) is 14.5 Å². The Morgan fingerprint density at radius 2 is 2.16 bits per heavy atom. The zero-order chi connectivity index (χ0) is 17.6. The third-order valence-corrected chi connectivity index (χ3v) is 6.23. The summed E-state index contributed by atoms with van der Waals surface area (Å²) in [6, 6.07) is 0. The molecule has 2 atom stereocenters. The molecule has 1 saturated carbocycles. The first-order chi connectivity index (χ1) is 12.0. The van der Waals surface area contributed by atoms with Gasteiger partial charge in [0.1, 0.15) is 5.41 Å². The number of aromatic amines is 1. The van der Waals surface area contributed by atoms with E-state index >= 15 is 0 Å². The average molecular weight is 346 g/mol. The monoisotopic (exact) mass is 346 g/mol. The van der Waals surface area contributed by atoms with Crippen molar-refractivity contribution in [3.63, 3.8) is 0 Å². The Bertz CT molecular complexity index is 684. The number of aryl methyl sites for hydroxylation is 1. The van der Waals surface area contributed by atoms with E-state index in [2.05, 4.69) is 14.9 Å². The molecule has 2 N–H and O–H groups in total. The van der Waals surface area contributed by atoms with Crippen molar-refractivity contribution in [2.24, 2.45) is 17.3 Å². The lowest BCUT2D eigenvalue weighted by molar-refractivity contribution is -0.149. The van der Waals surface area contributed by atoms with Crippen molar-refractivity contribution in [3.8, 4) is 0 Å². The lowest BCUT2D eigenvalue weighted by Crippen LogP contribution is -2.42. The summed E-state index contributed by atoms with van der Waals surface area (Å²) in [6.45, 7) is 4.78. The van der Waals surface area contributed by atoms with Crippen LogP contribution in [0, 0.1) is 24.2 Å². The maximum atomic E-state index is 12.5. The molecule has 0 aromatic carbocycles. The Labute approximate surface area is 147 Å². The number of rotatable bonds is 6. The number of nitrogens with zero attached hydrogens (tertiary/aromatic N) is 3. The van der Waals surface area contributed by atoms with Crippen LogP contribution in [0.1, 0.15) is 37.1 Å². The molecule has 0 radical (unpaired) electrons. The van der Waals surface area contributed by atoms with Gasteiger partial charge >= 0.3 is 5.97 Å².